The van der Waals surface area contributed by atoms with Crippen molar-refractivity contribution in [3.8, 4) is 5.75 Å². The van der Waals surface area contributed by atoms with Gasteiger partial charge in [0.15, 0.2) is 10.9 Å². The van der Waals surface area contributed by atoms with E-state index in [4.69, 9.17) is 4.74 Å². The van der Waals surface area contributed by atoms with Crippen LogP contribution in [0.15, 0.2) is 46.9 Å². The number of halogens is 1. The number of thiazole rings is 1. The third kappa shape index (κ3) is 3.85. The van der Waals surface area contributed by atoms with E-state index in [0.29, 0.717) is 18.3 Å². The second kappa shape index (κ2) is 7.63. The van der Waals surface area contributed by atoms with Crippen molar-refractivity contribution in [2.45, 2.75) is 13.5 Å². The van der Waals surface area contributed by atoms with Gasteiger partial charge in [-0.3, -0.25) is 5.32 Å². The molecular weight excluding hydrogens is 390 g/mol. The molecule has 0 aliphatic rings. The SMILES string of the molecule is CCNC(=O)Nc1nc2ccc(Br)c(OCc3ccccc3)c2s1. The highest BCUT2D eigenvalue weighted by Crippen LogP contribution is 2.39. The van der Waals surface area contributed by atoms with E-state index in [9.17, 15) is 4.79 Å². The second-order valence-electron chi connectivity index (χ2n) is 5.00. The normalized spacial score (nSPS) is 10.6. The number of anilines is 1. The Balaban J connectivity index is 1.85. The first kappa shape index (κ1) is 16.7. The predicted octanol–water partition coefficient (Wildman–Crippen LogP) is 4.78. The minimum absolute atomic E-state index is 0.262. The number of ether oxygens (including phenoxy) is 1. The molecule has 2 aromatic carbocycles. The van der Waals surface area contributed by atoms with E-state index >= 15 is 0 Å². The molecule has 3 rings (SSSR count). The lowest BCUT2D eigenvalue weighted by atomic mass is 10.2. The molecule has 0 aliphatic carbocycles. The summed E-state index contributed by atoms with van der Waals surface area (Å²) in [6.07, 6.45) is 0. The number of carbonyl (C=O) groups excluding carboxylic acids is 1. The summed E-state index contributed by atoms with van der Waals surface area (Å²) in [6, 6.07) is 13.5. The Morgan fingerprint density at radius 3 is 2.79 bits per heavy atom. The molecule has 24 heavy (non-hydrogen) atoms. The second-order valence-corrected chi connectivity index (χ2v) is 6.86. The van der Waals surface area contributed by atoms with Crippen LogP contribution in [-0.2, 0) is 6.61 Å². The van der Waals surface area contributed by atoms with E-state index in [2.05, 4.69) is 31.5 Å². The monoisotopic (exact) mass is 405 g/mol. The summed E-state index contributed by atoms with van der Waals surface area (Å²) < 4.78 is 7.75. The van der Waals surface area contributed by atoms with E-state index in [1.54, 1.807) is 0 Å². The number of urea groups is 1. The van der Waals surface area contributed by atoms with Crippen LogP contribution in [0.1, 0.15) is 12.5 Å². The maximum absolute atomic E-state index is 11.7. The Kier molecular flexibility index (Phi) is 5.32. The molecule has 0 saturated carbocycles. The molecular formula is C17H16BrN3O2S. The molecule has 0 spiro atoms. The molecule has 0 aliphatic heterocycles. The topological polar surface area (TPSA) is 63.2 Å². The molecule has 3 aromatic rings. The summed E-state index contributed by atoms with van der Waals surface area (Å²) in [6.45, 7) is 2.90. The highest BCUT2D eigenvalue weighted by molar-refractivity contribution is 9.10. The lowest BCUT2D eigenvalue weighted by Crippen LogP contribution is -2.28. The molecule has 0 radical (unpaired) electrons. The summed E-state index contributed by atoms with van der Waals surface area (Å²) in [5.74, 6) is 0.734. The quantitative estimate of drug-likeness (QED) is 0.641. The first-order valence-electron chi connectivity index (χ1n) is 7.48. The summed E-state index contributed by atoms with van der Waals surface area (Å²) in [7, 11) is 0. The van der Waals surface area contributed by atoms with Gasteiger partial charge >= 0.3 is 6.03 Å². The number of carbonyl (C=O) groups is 1. The van der Waals surface area contributed by atoms with Crippen LogP contribution in [0.4, 0.5) is 9.93 Å². The van der Waals surface area contributed by atoms with Crippen LogP contribution in [0, 0.1) is 0 Å². The van der Waals surface area contributed by atoms with Crippen LogP contribution in [0.2, 0.25) is 0 Å². The van der Waals surface area contributed by atoms with Crippen molar-refractivity contribution in [3.63, 3.8) is 0 Å². The van der Waals surface area contributed by atoms with Crippen molar-refractivity contribution in [1.29, 1.82) is 0 Å². The Morgan fingerprint density at radius 1 is 1.25 bits per heavy atom. The summed E-state index contributed by atoms with van der Waals surface area (Å²) in [5, 5.41) is 5.97. The number of nitrogens with zero attached hydrogens (tertiary/aromatic N) is 1. The van der Waals surface area contributed by atoms with E-state index < -0.39 is 0 Å². The molecule has 0 bridgehead atoms. The highest BCUT2D eigenvalue weighted by Gasteiger charge is 2.14. The molecule has 0 fully saturated rings. The third-order valence-electron chi connectivity index (χ3n) is 3.25. The smallest absolute Gasteiger partial charge is 0.321 e. The molecule has 0 saturated heterocycles. The first-order chi connectivity index (χ1) is 11.7. The lowest BCUT2D eigenvalue weighted by molar-refractivity contribution is 0.252. The van der Waals surface area contributed by atoms with Gasteiger partial charge in [-0.2, -0.15) is 0 Å². The van der Waals surface area contributed by atoms with Crippen molar-refractivity contribution in [3.05, 3.63) is 52.5 Å². The van der Waals surface area contributed by atoms with Crippen LogP contribution in [0.3, 0.4) is 0 Å². The van der Waals surface area contributed by atoms with Crippen LogP contribution < -0.4 is 15.4 Å². The van der Waals surface area contributed by atoms with Gasteiger partial charge in [-0.05, 0) is 40.5 Å². The molecule has 1 aromatic heterocycles. The summed E-state index contributed by atoms with van der Waals surface area (Å²) >= 11 is 4.92. The summed E-state index contributed by atoms with van der Waals surface area (Å²) in [4.78, 5) is 16.1. The largest absolute Gasteiger partial charge is 0.486 e. The number of rotatable bonds is 5. The average Bonchev–Trinajstić information content (AvgIpc) is 2.97. The van der Waals surface area contributed by atoms with Gasteiger partial charge in [0.05, 0.1) is 14.7 Å². The maximum Gasteiger partial charge on any atom is 0.321 e. The fourth-order valence-electron chi connectivity index (χ4n) is 2.16. The minimum Gasteiger partial charge on any atom is -0.486 e. The number of benzene rings is 2. The Labute approximate surface area is 152 Å². The van der Waals surface area contributed by atoms with Crippen molar-refractivity contribution in [1.82, 2.24) is 10.3 Å². The third-order valence-corrected chi connectivity index (χ3v) is 4.86. The highest BCUT2D eigenvalue weighted by atomic mass is 79.9. The van der Waals surface area contributed by atoms with E-state index in [1.807, 2.05) is 49.4 Å². The van der Waals surface area contributed by atoms with Crippen molar-refractivity contribution >= 4 is 48.6 Å². The number of hydrogen-bond acceptors (Lipinski definition) is 4. The van der Waals surface area contributed by atoms with Gasteiger partial charge in [0.1, 0.15) is 6.61 Å². The van der Waals surface area contributed by atoms with E-state index in [1.165, 1.54) is 11.3 Å². The van der Waals surface area contributed by atoms with Crippen LogP contribution >= 0.6 is 27.3 Å². The van der Waals surface area contributed by atoms with Gasteiger partial charge in [0.2, 0.25) is 0 Å². The number of fused-ring (bicyclic) bond motifs is 1. The van der Waals surface area contributed by atoms with Crippen molar-refractivity contribution < 1.29 is 9.53 Å². The molecule has 2 N–H and O–H groups in total. The van der Waals surface area contributed by atoms with Gasteiger partial charge in [-0.15, -0.1) is 0 Å². The van der Waals surface area contributed by atoms with Crippen LogP contribution in [0.25, 0.3) is 10.2 Å². The Hall–Kier alpha value is -2.12. The van der Waals surface area contributed by atoms with Gasteiger partial charge < -0.3 is 10.1 Å². The van der Waals surface area contributed by atoms with Crippen LogP contribution in [0.5, 0.6) is 5.75 Å². The van der Waals surface area contributed by atoms with Crippen LogP contribution in [-0.4, -0.2) is 17.6 Å². The number of nitrogens with one attached hydrogen (secondary N) is 2. The van der Waals surface area contributed by atoms with E-state index in [0.717, 1.165) is 26.0 Å². The first-order valence-corrected chi connectivity index (χ1v) is 9.09. The predicted molar refractivity (Wildman–Crippen MR) is 101 cm³/mol. The fraction of sp³-hybridized carbons (Fsp3) is 0.176. The van der Waals surface area contributed by atoms with Gasteiger partial charge in [0, 0.05) is 6.54 Å². The maximum atomic E-state index is 11.7. The fourth-order valence-corrected chi connectivity index (χ4v) is 3.70. The zero-order valence-corrected chi connectivity index (χ0v) is 15.4. The average molecular weight is 406 g/mol. The van der Waals surface area contributed by atoms with Gasteiger partial charge in [-0.25, -0.2) is 9.78 Å². The molecule has 124 valence electrons. The zero-order valence-electron chi connectivity index (χ0n) is 13.0. The van der Waals surface area contributed by atoms with Gasteiger partial charge in [-0.1, -0.05) is 41.7 Å². The molecule has 1 heterocycles. The summed E-state index contributed by atoms with van der Waals surface area (Å²) in [5.41, 5.74) is 1.88. The van der Waals surface area contributed by atoms with Crippen molar-refractivity contribution in [2.24, 2.45) is 0 Å². The molecule has 7 heteroatoms. The Morgan fingerprint density at radius 2 is 2.04 bits per heavy atom. The molecule has 0 unspecified atom stereocenters. The van der Waals surface area contributed by atoms with E-state index in [-0.39, 0.29) is 6.03 Å². The standard InChI is InChI=1S/C17H16BrN3O2S/c1-2-19-16(22)21-17-20-13-9-8-12(18)14(15(13)24-17)23-10-11-6-4-3-5-7-11/h3-9H,2,10H2,1H3,(H2,19,20,21,22). The lowest BCUT2D eigenvalue weighted by Gasteiger charge is -2.08. The number of hydrogen-bond donors (Lipinski definition) is 2. The number of aromatic nitrogens is 1. The molecule has 0 atom stereocenters. The van der Waals surface area contributed by atoms with Gasteiger partial charge in [0.25, 0.3) is 0 Å². The Bertz CT molecular complexity index is 852. The minimum atomic E-state index is -0.262. The zero-order chi connectivity index (χ0) is 16.9. The molecule has 5 nitrogen and oxygen atoms in total. The van der Waals surface area contributed by atoms with Crippen molar-refractivity contribution in [2.75, 3.05) is 11.9 Å². The molecule has 2 amide bonds. The number of amides is 2.